The molecule has 0 amide bonds. The Morgan fingerprint density at radius 2 is 1.08 bits per heavy atom. The van der Waals surface area contributed by atoms with Gasteiger partial charge in [-0.1, -0.05) is 54.5 Å². The van der Waals surface area contributed by atoms with Crippen LogP contribution in [0.25, 0.3) is 0 Å². The van der Waals surface area contributed by atoms with Crippen LogP contribution in [0.4, 0.5) is 0 Å². The van der Waals surface area contributed by atoms with Crippen LogP contribution in [0, 0.1) is 0 Å². The quantitative estimate of drug-likeness (QED) is 0.606. The maximum Gasteiger partial charge on any atom is 1.00 e. The SMILES string of the molecule is CO[Si-]([Si](C)(C)C)[Si](C)(C)C.[K+]. The van der Waals surface area contributed by atoms with Crippen molar-refractivity contribution in [2.45, 2.75) is 39.3 Å². The van der Waals surface area contributed by atoms with Gasteiger partial charge in [-0.3, -0.25) is 0 Å². The van der Waals surface area contributed by atoms with Gasteiger partial charge in [0.25, 0.3) is 0 Å². The second-order valence-corrected chi connectivity index (χ2v) is 28.3. The summed E-state index contributed by atoms with van der Waals surface area (Å²) in [7, 11) is -0.491. The van der Waals surface area contributed by atoms with Crippen molar-refractivity contribution < 1.29 is 55.8 Å². The van der Waals surface area contributed by atoms with Crippen molar-refractivity contribution in [1.29, 1.82) is 0 Å². The Morgan fingerprint density at radius 3 is 1.08 bits per heavy atom. The first-order valence-corrected chi connectivity index (χ1v) is 14.5. The van der Waals surface area contributed by atoms with Crippen molar-refractivity contribution in [2.24, 2.45) is 0 Å². The molecule has 68 valence electrons. The average Bonchev–Trinajstić information content (AvgIpc) is 1.56. The Balaban J connectivity index is 0. The summed E-state index contributed by atoms with van der Waals surface area (Å²) >= 11 is 0. The summed E-state index contributed by atoms with van der Waals surface area (Å²) in [6.45, 7) is 14.6. The van der Waals surface area contributed by atoms with E-state index < -0.39 is 23.3 Å². The maximum absolute atomic E-state index is 5.70. The molecule has 12 heavy (non-hydrogen) atoms. The Kier molecular flexibility index (Phi) is 8.29. The minimum Gasteiger partial charge on any atom is -0.595 e. The average molecular weight is 245 g/mol. The van der Waals surface area contributed by atoms with Crippen LogP contribution in [-0.2, 0) is 4.43 Å². The van der Waals surface area contributed by atoms with Gasteiger partial charge in [-0.15, -0.1) is 8.08 Å². The van der Waals surface area contributed by atoms with Crippen LogP contribution in [0.1, 0.15) is 0 Å². The van der Waals surface area contributed by atoms with Crippen molar-refractivity contribution in [2.75, 3.05) is 7.11 Å². The topological polar surface area (TPSA) is 9.23 Å². The summed E-state index contributed by atoms with van der Waals surface area (Å²) in [5.74, 6) is 0. The Morgan fingerprint density at radius 1 is 0.833 bits per heavy atom. The molecule has 5 heteroatoms. The zero-order valence-electron chi connectivity index (χ0n) is 9.91. The van der Waals surface area contributed by atoms with Gasteiger partial charge in [0.2, 0.25) is 0 Å². The van der Waals surface area contributed by atoms with Crippen LogP contribution in [-0.4, -0.2) is 30.4 Å². The van der Waals surface area contributed by atoms with E-state index in [2.05, 4.69) is 39.3 Å². The van der Waals surface area contributed by atoms with Crippen molar-refractivity contribution in [3.8, 4) is 0 Å². The van der Waals surface area contributed by atoms with E-state index in [-0.39, 0.29) is 51.4 Å². The zero-order valence-corrected chi connectivity index (χ0v) is 16.0. The van der Waals surface area contributed by atoms with Gasteiger partial charge < -0.3 is 4.43 Å². The summed E-state index contributed by atoms with van der Waals surface area (Å²) in [6.07, 6.45) is 0. The zero-order chi connectivity index (χ0) is 9.28. The van der Waals surface area contributed by atoms with E-state index in [0.717, 1.165) is 0 Å². The molecule has 0 saturated carbocycles. The molecule has 0 saturated heterocycles. The fraction of sp³-hybridized carbons (Fsp3) is 1.00. The molecule has 0 aliphatic heterocycles. The van der Waals surface area contributed by atoms with E-state index in [0.29, 0.717) is 0 Å². The van der Waals surface area contributed by atoms with Gasteiger partial charge >= 0.3 is 51.4 Å². The molecule has 0 aliphatic rings. The second-order valence-electron chi connectivity index (χ2n) is 5.03. The predicted molar refractivity (Wildman–Crippen MR) is 59.5 cm³/mol. The Labute approximate surface area is 123 Å². The van der Waals surface area contributed by atoms with Gasteiger partial charge in [-0.25, -0.2) is 0 Å². The predicted octanol–water partition coefficient (Wildman–Crippen LogP) is -0.538. The Hall–Kier alpha value is 2.25. The van der Waals surface area contributed by atoms with Gasteiger partial charge in [0.05, 0.1) is 0 Å². The van der Waals surface area contributed by atoms with Crippen molar-refractivity contribution in [3.63, 3.8) is 0 Å². The number of rotatable bonds is 3. The standard InChI is InChI=1S/C7H21OSi3.K/c1-8-9(10(2,3)4)11(5,6)7;/h1-7H3;/q-1;+1. The molecule has 1 nitrogen and oxygen atoms in total. The van der Waals surface area contributed by atoms with Gasteiger partial charge in [0.15, 0.2) is 0 Å². The third kappa shape index (κ3) is 5.87. The minimum atomic E-state index is -0.981. The molecule has 0 aromatic heterocycles. The smallest absolute Gasteiger partial charge is 0.595 e. The third-order valence-electron chi connectivity index (χ3n) is 1.57. The van der Waals surface area contributed by atoms with Crippen LogP contribution in [0.3, 0.4) is 0 Å². The van der Waals surface area contributed by atoms with E-state index in [1.54, 1.807) is 0 Å². The van der Waals surface area contributed by atoms with Gasteiger partial charge in [0, 0.05) is 0 Å². The van der Waals surface area contributed by atoms with Gasteiger partial charge in [-0.2, -0.15) is 0 Å². The monoisotopic (exact) mass is 244 g/mol. The van der Waals surface area contributed by atoms with Crippen LogP contribution in [0.15, 0.2) is 0 Å². The van der Waals surface area contributed by atoms with Gasteiger partial charge in [0.1, 0.15) is 0 Å². The second kappa shape index (κ2) is 5.97. The molecule has 0 heterocycles. The first-order chi connectivity index (χ1) is 4.69. The fourth-order valence-electron chi connectivity index (χ4n) is 1.74. The summed E-state index contributed by atoms with van der Waals surface area (Å²) in [6, 6.07) is 0. The van der Waals surface area contributed by atoms with E-state index >= 15 is 0 Å². The van der Waals surface area contributed by atoms with Crippen LogP contribution in [0.5, 0.6) is 0 Å². The maximum atomic E-state index is 5.70. The van der Waals surface area contributed by atoms with Crippen molar-refractivity contribution in [1.82, 2.24) is 0 Å². The molecule has 0 aromatic rings. The molecule has 0 aromatic carbocycles. The van der Waals surface area contributed by atoms with Crippen LogP contribution >= 0.6 is 0 Å². The molecule has 0 rings (SSSR count). The molecule has 0 atom stereocenters. The molecule has 0 bridgehead atoms. The first kappa shape index (κ1) is 16.7. The van der Waals surface area contributed by atoms with Crippen LogP contribution < -0.4 is 51.4 Å². The Bertz CT molecular complexity index is 114. The van der Waals surface area contributed by atoms with Crippen molar-refractivity contribution >= 4 is 23.3 Å². The van der Waals surface area contributed by atoms with E-state index in [1.165, 1.54) is 0 Å². The minimum absolute atomic E-state index is 0. The molecule has 0 N–H and O–H groups in total. The molecule has 0 aliphatic carbocycles. The van der Waals surface area contributed by atoms with Gasteiger partial charge in [-0.05, 0) is 7.11 Å². The summed E-state index contributed by atoms with van der Waals surface area (Å²) in [5, 5.41) is 0. The molecular formula is C7H21KOSi3. The summed E-state index contributed by atoms with van der Waals surface area (Å²) in [5.41, 5.74) is 0. The number of hydrogen-bond donors (Lipinski definition) is 0. The molecular weight excluding hydrogens is 223 g/mol. The van der Waals surface area contributed by atoms with Crippen molar-refractivity contribution in [3.05, 3.63) is 0 Å². The van der Waals surface area contributed by atoms with E-state index in [1.807, 2.05) is 7.11 Å². The largest absolute Gasteiger partial charge is 1.00 e. The normalized spacial score (nSPS) is 13.0. The molecule has 0 radical (unpaired) electrons. The molecule has 0 fully saturated rings. The molecule has 0 unspecified atom stereocenters. The third-order valence-corrected chi connectivity index (χ3v) is 27.6. The van der Waals surface area contributed by atoms with Crippen LogP contribution in [0.2, 0.25) is 39.3 Å². The summed E-state index contributed by atoms with van der Waals surface area (Å²) in [4.78, 5) is 0. The van der Waals surface area contributed by atoms with E-state index in [4.69, 9.17) is 4.43 Å². The number of hydrogen-bond acceptors (Lipinski definition) is 1. The molecule has 0 spiro atoms. The van der Waals surface area contributed by atoms with E-state index in [9.17, 15) is 0 Å². The summed E-state index contributed by atoms with van der Waals surface area (Å²) < 4.78 is 5.70. The first-order valence-electron chi connectivity index (χ1n) is 4.11. The fourth-order valence-corrected chi connectivity index (χ4v) is 35.9.